The number of fused-ring (bicyclic) bond motifs is 1. The van der Waals surface area contributed by atoms with E-state index in [0.717, 1.165) is 30.0 Å². The van der Waals surface area contributed by atoms with E-state index in [9.17, 15) is 4.79 Å². The molecule has 0 saturated heterocycles. The number of carbonyl (C=O) groups excluding carboxylic acids is 1. The number of nitrogens with two attached hydrogens (primary N) is 1. The van der Waals surface area contributed by atoms with E-state index in [-0.39, 0.29) is 12.3 Å². The second kappa shape index (κ2) is 5.87. The predicted octanol–water partition coefficient (Wildman–Crippen LogP) is 2.26. The summed E-state index contributed by atoms with van der Waals surface area (Å²) in [4.78, 5) is 11.1. The van der Waals surface area contributed by atoms with Gasteiger partial charge in [0.25, 0.3) is 0 Å². The van der Waals surface area contributed by atoms with Gasteiger partial charge in [-0.25, -0.2) is 0 Å². The molecule has 0 aliphatic carbocycles. The van der Waals surface area contributed by atoms with Gasteiger partial charge in [0.15, 0.2) is 0 Å². The number of anilines is 1. The zero-order valence-electron chi connectivity index (χ0n) is 11.8. The monoisotopic (exact) mass is 282 g/mol. The normalized spacial score (nSPS) is 12.6. The maximum Gasteiger partial charge on any atom is 0.221 e. The summed E-state index contributed by atoms with van der Waals surface area (Å²) in [5, 5.41) is 3.38. The molecule has 3 N–H and O–H groups in total. The average molecular weight is 282 g/mol. The lowest BCUT2D eigenvalue weighted by Crippen LogP contribution is -2.15. The molecule has 2 aromatic rings. The van der Waals surface area contributed by atoms with Gasteiger partial charge in [-0.1, -0.05) is 30.3 Å². The summed E-state index contributed by atoms with van der Waals surface area (Å²) < 4.78 is 5.51. The van der Waals surface area contributed by atoms with E-state index in [0.29, 0.717) is 6.54 Å². The van der Waals surface area contributed by atoms with Crippen LogP contribution in [0.1, 0.15) is 16.7 Å². The van der Waals surface area contributed by atoms with Crippen LogP contribution in [0.2, 0.25) is 0 Å². The minimum Gasteiger partial charge on any atom is -0.493 e. The smallest absolute Gasteiger partial charge is 0.221 e. The van der Waals surface area contributed by atoms with Crippen molar-refractivity contribution >= 4 is 11.6 Å². The zero-order chi connectivity index (χ0) is 14.7. The van der Waals surface area contributed by atoms with Crippen LogP contribution >= 0.6 is 0 Å². The van der Waals surface area contributed by atoms with Crippen LogP contribution in [0.4, 0.5) is 5.69 Å². The Kier molecular flexibility index (Phi) is 3.77. The van der Waals surface area contributed by atoms with Gasteiger partial charge in [0.05, 0.1) is 13.0 Å². The molecule has 0 bridgehead atoms. The number of para-hydroxylation sites is 1. The Morgan fingerprint density at radius 3 is 2.95 bits per heavy atom. The first-order valence-electron chi connectivity index (χ1n) is 7.07. The van der Waals surface area contributed by atoms with E-state index >= 15 is 0 Å². The maximum atomic E-state index is 11.1. The van der Waals surface area contributed by atoms with Crippen LogP contribution < -0.4 is 15.8 Å². The first-order chi connectivity index (χ1) is 10.2. The van der Waals surface area contributed by atoms with Crippen LogP contribution in [0.5, 0.6) is 5.75 Å². The lowest BCUT2D eigenvalue weighted by Gasteiger charge is -2.11. The summed E-state index contributed by atoms with van der Waals surface area (Å²) in [7, 11) is 0. The molecule has 0 saturated carbocycles. The minimum atomic E-state index is -0.320. The van der Waals surface area contributed by atoms with E-state index in [1.807, 2.05) is 30.3 Å². The fraction of sp³-hybridized carbons (Fsp3) is 0.235. The molecule has 4 heteroatoms. The molecule has 0 spiro atoms. The summed E-state index contributed by atoms with van der Waals surface area (Å²) in [6, 6.07) is 14.0. The van der Waals surface area contributed by atoms with E-state index in [1.165, 1.54) is 11.1 Å². The molecule has 0 unspecified atom stereocenters. The first-order valence-corrected chi connectivity index (χ1v) is 7.07. The fourth-order valence-electron chi connectivity index (χ4n) is 2.58. The highest BCUT2D eigenvalue weighted by molar-refractivity contribution is 5.78. The van der Waals surface area contributed by atoms with Gasteiger partial charge in [-0.3, -0.25) is 4.79 Å². The second-order valence-electron chi connectivity index (χ2n) is 5.19. The number of nitrogens with one attached hydrogen (secondary N) is 1. The lowest BCUT2D eigenvalue weighted by molar-refractivity contribution is -0.117. The van der Waals surface area contributed by atoms with Crippen molar-refractivity contribution in [2.75, 3.05) is 11.9 Å². The van der Waals surface area contributed by atoms with Gasteiger partial charge in [-0.2, -0.15) is 0 Å². The largest absolute Gasteiger partial charge is 0.493 e. The molecule has 1 aliphatic rings. The predicted molar refractivity (Wildman–Crippen MR) is 82.3 cm³/mol. The molecule has 1 aliphatic heterocycles. The third kappa shape index (κ3) is 3.16. The van der Waals surface area contributed by atoms with Crippen molar-refractivity contribution in [1.82, 2.24) is 0 Å². The summed E-state index contributed by atoms with van der Waals surface area (Å²) in [5.74, 6) is 0.673. The first kappa shape index (κ1) is 13.5. The third-order valence-corrected chi connectivity index (χ3v) is 3.62. The Bertz CT molecular complexity index is 668. The molecule has 3 rings (SSSR count). The Balaban J connectivity index is 1.71. The maximum absolute atomic E-state index is 11.1. The molecule has 1 amide bonds. The standard InChI is InChI=1S/C17H18N2O2/c18-17(20)10-13-3-1-2-4-15(13)19-11-12-5-6-16-14(9-12)7-8-21-16/h1-6,9,19H,7-8,10-11H2,(H2,18,20). The number of carbonyl (C=O) groups is 1. The highest BCUT2D eigenvalue weighted by Gasteiger charge is 2.12. The molecule has 21 heavy (non-hydrogen) atoms. The van der Waals surface area contributed by atoms with Crippen molar-refractivity contribution in [2.24, 2.45) is 5.73 Å². The number of rotatable bonds is 5. The molecule has 0 aromatic heterocycles. The van der Waals surface area contributed by atoms with E-state index in [1.54, 1.807) is 0 Å². The van der Waals surface area contributed by atoms with Crippen molar-refractivity contribution in [1.29, 1.82) is 0 Å². The molecule has 0 atom stereocenters. The minimum absolute atomic E-state index is 0.251. The molecule has 1 heterocycles. The van der Waals surface area contributed by atoms with Gasteiger partial charge >= 0.3 is 0 Å². The van der Waals surface area contributed by atoms with Gasteiger partial charge in [0, 0.05) is 18.7 Å². The Morgan fingerprint density at radius 1 is 1.24 bits per heavy atom. The van der Waals surface area contributed by atoms with E-state index < -0.39 is 0 Å². The van der Waals surface area contributed by atoms with Crippen molar-refractivity contribution in [3.05, 3.63) is 59.2 Å². The van der Waals surface area contributed by atoms with Crippen LogP contribution in [-0.2, 0) is 24.2 Å². The van der Waals surface area contributed by atoms with Crippen molar-refractivity contribution in [2.45, 2.75) is 19.4 Å². The molecular weight excluding hydrogens is 264 g/mol. The van der Waals surface area contributed by atoms with Crippen molar-refractivity contribution < 1.29 is 9.53 Å². The van der Waals surface area contributed by atoms with Crippen LogP contribution in [0, 0.1) is 0 Å². The number of hydrogen-bond donors (Lipinski definition) is 2. The quantitative estimate of drug-likeness (QED) is 0.884. The van der Waals surface area contributed by atoms with Crippen LogP contribution in [0.25, 0.3) is 0 Å². The summed E-state index contributed by atoms with van der Waals surface area (Å²) >= 11 is 0. The van der Waals surface area contributed by atoms with E-state index in [4.69, 9.17) is 10.5 Å². The third-order valence-electron chi connectivity index (χ3n) is 3.62. The van der Waals surface area contributed by atoms with Gasteiger partial charge in [-0.15, -0.1) is 0 Å². The van der Waals surface area contributed by atoms with Crippen molar-refractivity contribution in [3.63, 3.8) is 0 Å². The zero-order valence-corrected chi connectivity index (χ0v) is 11.8. The van der Waals surface area contributed by atoms with Gasteiger partial charge in [-0.05, 0) is 28.8 Å². The van der Waals surface area contributed by atoms with Crippen molar-refractivity contribution in [3.8, 4) is 5.75 Å². The van der Waals surface area contributed by atoms with Gasteiger partial charge in [0.1, 0.15) is 5.75 Å². The molecule has 2 aromatic carbocycles. The topological polar surface area (TPSA) is 64.4 Å². The highest BCUT2D eigenvalue weighted by Crippen LogP contribution is 2.26. The van der Waals surface area contributed by atoms with Crippen LogP contribution in [-0.4, -0.2) is 12.5 Å². The molecule has 4 nitrogen and oxygen atoms in total. The Morgan fingerprint density at radius 2 is 2.10 bits per heavy atom. The molecular formula is C17H18N2O2. The van der Waals surface area contributed by atoms with Gasteiger partial charge < -0.3 is 15.8 Å². The summed E-state index contributed by atoms with van der Waals surface area (Å²) in [5.41, 5.74) is 9.62. The SMILES string of the molecule is NC(=O)Cc1ccccc1NCc1ccc2c(c1)CCO2. The summed E-state index contributed by atoms with van der Waals surface area (Å²) in [6.45, 7) is 1.48. The second-order valence-corrected chi connectivity index (χ2v) is 5.19. The molecule has 0 fully saturated rings. The highest BCUT2D eigenvalue weighted by atomic mass is 16.5. The van der Waals surface area contributed by atoms with E-state index in [2.05, 4.69) is 17.4 Å². The fourth-order valence-corrected chi connectivity index (χ4v) is 2.58. The number of benzene rings is 2. The number of amides is 1. The lowest BCUT2D eigenvalue weighted by atomic mass is 10.1. The number of primary amides is 1. The average Bonchev–Trinajstić information content (AvgIpc) is 2.93. The van der Waals surface area contributed by atoms with Gasteiger partial charge in [0.2, 0.25) is 5.91 Å². The molecule has 108 valence electrons. The Hall–Kier alpha value is -2.49. The Labute approximate surface area is 123 Å². The number of hydrogen-bond acceptors (Lipinski definition) is 3. The van der Waals surface area contributed by atoms with Crippen LogP contribution in [0.3, 0.4) is 0 Å². The number of ether oxygens (including phenoxy) is 1. The summed E-state index contributed by atoms with van der Waals surface area (Å²) in [6.07, 6.45) is 1.22. The van der Waals surface area contributed by atoms with Crippen LogP contribution in [0.15, 0.2) is 42.5 Å². The molecule has 0 radical (unpaired) electrons.